The lowest BCUT2D eigenvalue weighted by Crippen LogP contribution is -2.52. The molecule has 1 aliphatic rings. The van der Waals surface area contributed by atoms with Crippen LogP contribution in [0.15, 0.2) is 20.1 Å². The first-order valence-electron chi connectivity index (χ1n) is 9.50. The highest BCUT2D eigenvalue weighted by molar-refractivity contribution is 14.0. The van der Waals surface area contributed by atoms with Gasteiger partial charge >= 0.3 is 0 Å². The summed E-state index contributed by atoms with van der Waals surface area (Å²) in [6, 6.07) is 2.00. The van der Waals surface area contributed by atoms with Crippen molar-refractivity contribution >= 4 is 29.9 Å². The maximum absolute atomic E-state index is 5.29. The van der Waals surface area contributed by atoms with E-state index >= 15 is 0 Å². The molecule has 2 aromatic heterocycles. The zero-order valence-electron chi connectivity index (χ0n) is 17.4. The zero-order chi connectivity index (χ0) is 19.4. The number of halogens is 1. The third-order valence-corrected chi connectivity index (χ3v) is 5.09. The number of rotatable bonds is 5. The number of aliphatic imine (C=N–C) groups is 1. The average Bonchev–Trinajstić information content (AvgIpc) is 3.21. The van der Waals surface area contributed by atoms with Crippen molar-refractivity contribution in [1.82, 2.24) is 25.4 Å². The van der Waals surface area contributed by atoms with Gasteiger partial charge in [0.1, 0.15) is 11.5 Å². The van der Waals surface area contributed by atoms with E-state index < -0.39 is 0 Å². The maximum Gasteiger partial charge on any atom is 0.193 e. The molecule has 0 saturated carbocycles. The van der Waals surface area contributed by atoms with Gasteiger partial charge in [-0.3, -0.25) is 9.89 Å². The molecular formula is C19H31IN6O2. The third-order valence-electron chi connectivity index (χ3n) is 5.09. The monoisotopic (exact) mass is 502 g/mol. The Hall–Kier alpha value is -1.62. The van der Waals surface area contributed by atoms with Gasteiger partial charge in [-0.2, -0.15) is 0 Å². The molecule has 1 unspecified atom stereocenters. The molecule has 156 valence electrons. The van der Waals surface area contributed by atoms with Gasteiger partial charge in [0.05, 0.1) is 11.4 Å². The van der Waals surface area contributed by atoms with Crippen molar-refractivity contribution in [1.29, 1.82) is 0 Å². The molecule has 28 heavy (non-hydrogen) atoms. The minimum absolute atomic E-state index is 0. The van der Waals surface area contributed by atoms with Crippen molar-refractivity contribution in [2.75, 3.05) is 39.8 Å². The second-order valence-corrected chi connectivity index (χ2v) is 7.26. The molecule has 3 heterocycles. The molecule has 8 nitrogen and oxygen atoms in total. The molecule has 0 radical (unpaired) electrons. The van der Waals surface area contributed by atoms with Gasteiger partial charge in [0, 0.05) is 63.9 Å². The van der Waals surface area contributed by atoms with Gasteiger partial charge in [-0.05, 0) is 20.8 Å². The Morgan fingerprint density at radius 3 is 2.43 bits per heavy atom. The van der Waals surface area contributed by atoms with E-state index in [9.17, 15) is 0 Å². The number of piperazine rings is 1. The molecule has 1 N–H and O–H groups in total. The second kappa shape index (κ2) is 10.2. The van der Waals surface area contributed by atoms with E-state index in [0.29, 0.717) is 5.92 Å². The Morgan fingerprint density at radius 1 is 1.18 bits per heavy atom. The van der Waals surface area contributed by atoms with E-state index in [1.807, 2.05) is 33.9 Å². The summed E-state index contributed by atoms with van der Waals surface area (Å²) in [4.78, 5) is 9.18. The van der Waals surface area contributed by atoms with E-state index in [1.165, 1.54) is 5.56 Å². The Morgan fingerprint density at radius 2 is 1.89 bits per heavy atom. The van der Waals surface area contributed by atoms with E-state index in [4.69, 9.17) is 9.05 Å². The molecule has 0 amide bonds. The van der Waals surface area contributed by atoms with Crippen LogP contribution >= 0.6 is 24.0 Å². The number of nitrogens with zero attached hydrogens (tertiary/aromatic N) is 5. The molecule has 0 aliphatic carbocycles. The molecule has 0 spiro atoms. The van der Waals surface area contributed by atoms with Gasteiger partial charge in [0.15, 0.2) is 5.96 Å². The summed E-state index contributed by atoms with van der Waals surface area (Å²) in [5.41, 5.74) is 3.15. The average molecular weight is 502 g/mol. The van der Waals surface area contributed by atoms with E-state index in [2.05, 4.69) is 37.3 Å². The molecular weight excluding hydrogens is 471 g/mol. The Balaban J connectivity index is 0.00000280. The van der Waals surface area contributed by atoms with Crippen molar-refractivity contribution in [3.8, 4) is 0 Å². The lowest BCUT2D eigenvalue weighted by Gasteiger charge is -2.36. The standard InChI is InChI=1S/C19H30N6O2.HI/c1-13(18-15(3)22-27-16(18)4)11-21-19(20-5)25-8-6-24(7-9-25)12-17-10-14(2)26-23-17;/h10,13H,6-9,11-12H2,1-5H3,(H,20,21);1H. The molecule has 1 aliphatic heterocycles. The molecule has 1 atom stereocenters. The highest BCUT2D eigenvalue weighted by atomic mass is 127. The van der Waals surface area contributed by atoms with Crippen molar-refractivity contribution in [2.45, 2.75) is 40.2 Å². The van der Waals surface area contributed by atoms with Crippen LogP contribution in [-0.4, -0.2) is 65.8 Å². The van der Waals surface area contributed by atoms with E-state index in [0.717, 1.165) is 68.1 Å². The van der Waals surface area contributed by atoms with Crippen LogP contribution in [0, 0.1) is 20.8 Å². The van der Waals surface area contributed by atoms with E-state index in [-0.39, 0.29) is 24.0 Å². The Kier molecular flexibility index (Phi) is 8.29. The first kappa shape index (κ1) is 22.7. The summed E-state index contributed by atoms with van der Waals surface area (Å²) in [6.07, 6.45) is 0. The van der Waals surface area contributed by atoms with Crippen molar-refractivity contribution in [2.24, 2.45) is 4.99 Å². The van der Waals surface area contributed by atoms with Crippen LogP contribution in [0.5, 0.6) is 0 Å². The molecule has 1 saturated heterocycles. The predicted octanol–water partition coefficient (Wildman–Crippen LogP) is 2.70. The van der Waals surface area contributed by atoms with Crippen molar-refractivity contribution < 1.29 is 9.05 Å². The first-order valence-corrected chi connectivity index (χ1v) is 9.50. The van der Waals surface area contributed by atoms with Gasteiger partial charge in [0.25, 0.3) is 0 Å². The summed E-state index contributed by atoms with van der Waals surface area (Å²) in [6.45, 7) is 13.5. The topological polar surface area (TPSA) is 82.9 Å². The molecule has 3 rings (SSSR count). The number of nitrogens with one attached hydrogen (secondary N) is 1. The van der Waals surface area contributed by atoms with Gasteiger partial charge in [-0.25, -0.2) is 0 Å². The van der Waals surface area contributed by atoms with Crippen LogP contribution in [-0.2, 0) is 6.54 Å². The van der Waals surface area contributed by atoms with Crippen molar-refractivity contribution in [3.05, 3.63) is 34.5 Å². The molecule has 1 fully saturated rings. The maximum atomic E-state index is 5.29. The Bertz CT molecular complexity index is 760. The van der Waals surface area contributed by atoms with Crippen LogP contribution in [0.3, 0.4) is 0 Å². The van der Waals surface area contributed by atoms with Crippen LogP contribution in [0.1, 0.15) is 41.3 Å². The zero-order valence-corrected chi connectivity index (χ0v) is 19.7. The summed E-state index contributed by atoms with van der Waals surface area (Å²) in [5, 5.41) is 11.7. The minimum atomic E-state index is 0. The first-order chi connectivity index (χ1) is 13.0. The summed E-state index contributed by atoms with van der Waals surface area (Å²) in [7, 11) is 1.84. The minimum Gasteiger partial charge on any atom is -0.361 e. The van der Waals surface area contributed by atoms with Gasteiger partial charge in [-0.15, -0.1) is 24.0 Å². The number of hydrogen-bond acceptors (Lipinski definition) is 6. The van der Waals surface area contributed by atoms with Gasteiger partial charge < -0.3 is 19.3 Å². The smallest absolute Gasteiger partial charge is 0.193 e. The number of guanidine groups is 1. The van der Waals surface area contributed by atoms with Crippen LogP contribution in [0.25, 0.3) is 0 Å². The summed E-state index contributed by atoms with van der Waals surface area (Å²) >= 11 is 0. The SMILES string of the molecule is CN=C(NCC(C)c1c(C)noc1C)N1CCN(Cc2cc(C)on2)CC1.I. The fourth-order valence-electron chi connectivity index (χ4n) is 3.71. The summed E-state index contributed by atoms with van der Waals surface area (Å²) in [5.74, 6) is 3.02. The van der Waals surface area contributed by atoms with E-state index in [1.54, 1.807) is 0 Å². The third kappa shape index (κ3) is 5.47. The van der Waals surface area contributed by atoms with Crippen LogP contribution < -0.4 is 5.32 Å². The van der Waals surface area contributed by atoms with Crippen molar-refractivity contribution in [3.63, 3.8) is 0 Å². The van der Waals surface area contributed by atoms with Gasteiger partial charge in [-0.1, -0.05) is 17.2 Å². The second-order valence-electron chi connectivity index (χ2n) is 7.26. The molecule has 9 heteroatoms. The Labute approximate surface area is 183 Å². The molecule has 2 aromatic rings. The number of aromatic nitrogens is 2. The molecule has 0 bridgehead atoms. The predicted molar refractivity (Wildman–Crippen MR) is 119 cm³/mol. The largest absolute Gasteiger partial charge is 0.361 e. The highest BCUT2D eigenvalue weighted by Crippen LogP contribution is 2.22. The van der Waals surface area contributed by atoms with Crippen LogP contribution in [0.4, 0.5) is 0 Å². The fraction of sp³-hybridized carbons (Fsp3) is 0.632. The number of aryl methyl sites for hydroxylation is 3. The quantitative estimate of drug-likeness (QED) is 0.383. The van der Waals surface area contributed by atoms with Gasteiger partial charge in [0.2, 0.25) is 0 Å². The number of hydrogen-bond donors (Lipinski definition) is 1. The fourth-order valence-corrected chi connectivity index (χ4v) is 3.71. The molecule has 0 aromatic carbocycles. The highest BCUT2D eigenvalue weighted by Gasteiger charge is 2.22. The normalized spacial score (nSPS) is 16.8. The lowest BCUT2D eigenvalue weighted by molar-refractivity contribution is 0.169. The summed E-state index contributed by atoms with van der Waals surface area (Å²) < 4.78 is 10.4. The lowest BCUT2D eigenvalue weighted by atomic mass is 10.00. The van der Waals surface area contributed by atoms with Crippen LogP contribution in [0.2, 0.25) is 0 Å².